The number of ether oxygens (including phenoxy) is 2. The van der Waals surface area contributed by atoms with Crippen LogP contribution in [0, 0.1) is 0 Å². The van der Waals surface area contributed by atoms with Gasteiger partial charge >= 0.3 is 0 Å². The van der Waals surface area contributed by atoms with Crippen molar-refractivity contribution >= 4 is 46.0 Å². The number of aromatic nitrogens is 3. The number of methoxy groups -OCH3 is 1. The largest absolute Gasteiger partial charge is 0.495 e. The van der Waals surface area contributed by atoms with Crippen LogP contribution < -0.4 is 15.4 Å². The Labute approximate surface area is 255 Å². The summed E-state index contributed by atoms with van der Waals surface area (Å²) in [4.78, 5) is 30.2. The van der Waals surface area contributed by atoms with Gasteiger partial charge in [0.25, 0.3) is 5.91 Å². The number of hydrogen-bond acceptors (Lipinski definition) is 9. The number of piperidine rings is 1. The number of nitrogens with one attached hydrogen (secondary N) is 3. The van der Waals surface area contributed by atoms with E-state index < -0.39 is 6.04 Å². The molecule has 2 aliphatic heterocycles. The summed E-state index contributed by atoms with van der Waals surface area (Å²) in [5.74, 6) is 1.24. The number of rotatable bonds is 9. The lowest BCUT2D eigenvalue weighted by atomic mass is 10.0. The van der Waals surface area contributed by atoms with Crippen molar-refractivity contribution in [2.45, 2.75) is 24.9 Å². The summed E-state index contributed by atoms with van der Waals surface area (Å²) in [7, 11) is 1.57. The van der Waals surface area contributed by atoms with E-state index >= 15 is 0 Å². The number of aliphatic hydroxyl groups is 1. The summed E-state index contributed by atoms with van der Waals surface area (Å²) in [6, 6.07) is 15.1. The van der Waals surface area contributed by atoms with Crippen LogP contribution in [0.1, 0.15) is 34.8 Å². The maximum absolute atomic E-state index is 13.4. The lowest BCUT2D eigenvalue weighted by Crippen LogP contribution is -2.50. The molecule has 0 aliphatic carbocycles. The zero-order valence-corrected chi connectivity index (χ0v) is 24.8. The van der Waals surface area contributed by atoms with Crippen molar-refractivity contribution in [1.29, 1.82) is 0 Å². The second-order valence-electron chi connectivity index (χ2n) is 10.8. The first-order valence-electron chi connectivity index (χ1n) is 14.6. The smallest absolute Gasteiger partial charge is 0.253 e. The number of likely N-dealkylation sites (tertiary alicyclic amines) is 1. The predicted octanol–water partition coefficient (Wildman–Crippen LogP) is 4.45. The first-order valence-corrected chi connectivity index (χ1v) is 14.9. The highest BCUT2D eigenvalue weighted by Gasteiger charge is 2.28. The molecule has 4 heterocycles. The molecular weight excluding hydrogens is 570 g/mol. The Bertz CT molecular complexity index is 1550. The van der Waals surface area contributed by atoms with Crippen LogP contribution in [-0.4, -0.2) is 94.9 Å². The molecule has 12 heteroatoms. The fourth-order valence-electron chi connectivity index (χ4n) is 5.85. The van der Waals surface area contributed by atoms with Gasteiger partial charge in [-0.3, -0.25) is 9.69 Å². The Morgan fingerprint density at radius 2 is 1.91 bits per heavy atom. The Hall–Kier alpha value is -3.90. The Kier molecular flexibility index (Phi) is 8.94. The van der Waals surface area contributed by atoms with Crippen molar-refractivity contribution in [2.75, 3.05) is 63.7 Å². The van der Waals surface area contributed by atoms with E-state index in [0.29, 0.717) is 50.9 Å². The number of halogens is 1. The summed E-state index contributed by atoms with van der Waals surface area (Å²) in [6.07, 6.45) is 3.57. The monoisotopic (exact) mass is 605 g/mol. The summed E-state index contributed by atoms with van der Waals surface area (Å²) >= 11 is 6.47. The summed E-state index contributed by atoms with van der Waals surface area (Å²) < 4.78 is 11.2. The van der Waals surface area contributed by atoms with Crippen LogP contribution in [0.5, 0.6) is 5.75 Å². The molecule has 2 fully saturated rings. The van der Waals surface area contributed by atoms with E-state index in [1.807, 2.05) is 35.2 Å². The molecule has 4 N–H and O–H groups in total. The van der Waals surface area contributed by atoms with Crippen LogP contribution >= 0.6 is 11.6 Å². The van der Waals surface area contributed by atoms with Crippen molar-refractivity contribution < 1.29 is 19.4 Å². The van der Waals surface area contributed by atoms with Gasteiger partial charge in [0.05, 0.1) is 49.1 Å². The van der Waals surface area contributed by atoms with Crippen molar-refractivity contribution in [1.82, 2.24) is 24.8 Å². The SMILES string of the molecule is COc1cc(C(=O)N2CCC(N3CCOCC3)CC2)ccc1Nc1nc(NC(CO)c2ccccc2)c2c(Cl)c[nH]c2n1. The van der Waals surface area contributed by atoms with Gasteiger partial charge in [0.1, 0.15) is 17.2 Å². The number of nitrogens with zero attached hydrogens (tertiary/aromatic N) is 4. The van der Waals surface area contributed by atoms with Gasteiger partial charge in [0.15, 0.2) is 0 Å². The molecule has 2 aromatic carbocycles. The molecule has 1 amide bonds. The van der Waals surface area contributed by atoms with E-state index in [1.165, 1.54) is 0 Å². The minimum absolute atomic E-state index is 0.00795. The standard InChI is InChI=1S/C31H36ClN7O4/c1-42-26-17-21(30(41)39-11-9-22(10-12-39)38-13-15-43-16-14-38)7-8-24(26)35-31-36-28-27(23(32)18-33-28)29(37-31)34-25(19-40)20-5-3-2-4-6-20/h2-8,17-18,22,25,40H,9-16,19H2,1H3,(H3,33,34,35,36,37). The van der Waals surface area contributed by atoms with Gasteiger partial charge in [-0.2, -0.15) is 9.97 Å². The average molecular weight is 606 g/mol. The summed E-state index contributed by atoms with van der Waals surface area (Å²) in [6.45, 7) is 4.80. The van der Waals surface area contributed by atoms with E-state index in [9.17, 15) is 9.90 Å². The molecule has 2 aliphatic rings. The maximum Gasteiger partial charge on any atom is 0.253 e. The van der Waals surface area contributed by atoms with Crippen LogP contribution in [0.25, 0.3) is 11.0 Å². The van der Waals surface area contributed by atoms with E-state index in [2.05, 4.69) is 25.5 Å². The van der Waals surface area contributed by atoms with E-state index in [0.717, 1.165) is 57.8 Å². The quantitative estimate of drug-likeness (QED) is 0.219. The summed E-state index contributed by atoms with van der Waals surface area (Å²) in [5, 5.41) is 17.8. The molecule has 11 nitrogen and oxygen atoms in total. The molecule has 6 rings (SSSR count). The van der Waals surface area contributed by atoms with Gasteiger partial charge in [-0.15, -0.1) is 0 Å². The topological polar surface area (TPSA) is 128 Å². The number of benzene rings is 2. The average Bonchev–Trinajstić information content (AvgIpc) is 3.44. The normalized spacial score (nSPS) is 17.1. The van der Waals surface area contributed by atoms with Crippen molar-refractivity contribution in [2.24, 2.45) is 0 Å². The van der Waals surface area contributed by atoms with E-state index in [1.54, 1.807) is 31.5 Å². The first kappa shape index (κ1) is 29.2. The van der Waals surface area contributed by atoms with Crippen molar-refractivity contribution in [3.8, 4) is 5.75 Å². The molecule has 226 valence electrons. The second kappa shape index (κ2) is 13.2. The molecule has 0 bridgehead atoms. The number of morpholine rings is 1. The molecule has 2 saturated heterocycles. The Balaban J connectivity index is 1.19. The molecule has 0 saturated carbocycles. The molecule has 2 aromatic heterocycles. The predicted molar refractivity (Wildman–Crippen MR) is 166 cm³/mol. The maximum atomic E-state index is 13.4. The minimum Gasteiger partial charge on any atom is -0.495 e. The van der Waals surface area contributed by atoms with Crippen LogP contribution in [0.15, 0.2) is 54.7 Å². The first-order chi connectivity index (χ1) is 21.0. The fourth-order valence-corrected chi connectivity index (χ4v) is 6.08. The van der Waals surface area contributed by atoms with Crippen LogP contribution in [0.2, 0.25) is 5.02 Å². The number of fused-ring (bicyclic) bond motifs is 1. The Morgan fingerprint density at radius 1 is 1.14 bits per heavy atom. The zero-order valence-electron chi connectivity index (χ0n) is 24.1. The third kappa shape index (κ3) is 6.40. The van der Waals surface area contributed by atoms with Gasteiger partial charge in [0.2, 0.25) is 5.95 Å². The number of amides is 1. The molecule has 1 unspecified atom stereocenters. The van der Waals surface area contributed by atoms with Crippen molar-refractivity contribution in [3.63, 3.8) is 0 Å². The van der Waals surface area contributed by atoms with Gasteiger partial charge in [0, 0.05) is 44.0 Å². The lowest BCUT2D eigenvalue weighted by Gasteiger charge is -2.40. The number of H-pyrrole nitrogens is 1. The van der Waals surface area contributed by atoms with Gasteiger partial charge in [-0.1, -0.05) is 41.9 Å². The highest BCUT2D eigenvalue weighted by molar-refractivity contribution is 6.36. The van der Waals surface area contributed by atoms with Crippen LogP contribution in [0.4, 0.5) is 17.5 Å². The van der Waals surface area contributed by atoms with Crippen molar-refractivity contribution in [3.05, 3.63) is 70.9 Å². The lowest BCUT2D eigenvalue weighted by molar-refractivity contribution is 0.00159. The number of carbonyl (C=O) groups is 1. The number of hydrogen-bond donors (Lipinski definition) is 4. The van der Waals surface area contributed by atoms with Gasteiger partial charge in [-0.25, -0.2) is 0 Å². The van der Waals surface area contributed by atoms with Gasteiger partial charge < -0.3 is 35.1 Å². The molecule has 43 heavy (non-hydrogen) atoms. The number of aromatic amines is 1. The zero-order chi connectivity index (χ0) is 29.8. The minimum atomic E-state index is -0.406. The third-order valence-corrected chi connectivity index (χ3v) is 8.49. The molecule has 4 aromatic rings. The third-order valence-electron chi connectivity index (χ3n) is 8.19. The fraction of sp³-hybridized carbons (Fsp3) is 0.387. The highest BCUT2D eigenvalue weighted by atomic mass is 35.5. The van der Waals surface area contributed by atoms with E-state index in [-0.39, 0.29) is 12.5 Å². The van der Waals surface area contributed by atoms with Gasteiger partial charge in [-0.05, 0) is 36.6 Å². The number of anilines is 3. The molecule has 1 atom stereocenters. The van der Waals surface area contributed by atoms with Crippen LogP contribution in [0.3, 0.4) is 0 Å². The summed E-state index contributed by atoms with van der Waals surface area (Å²) in [5.41, 5.74) is 2.61. The Morgan fingerprint density at radius 3 is 2.63 bits per heavy atom. The molecular formula is C31H36ClN7O4. The highest BCUT2D eigenvalue weighted by Crippen LogP contribution is 2.34. The second-order valence-corrected chi connectivity index (χ2v) is 11.2. The van der Waals surface area contributed by atoms with Crippen LogP contribution in [-0.2, 0) is 4.74 Å². The molecule has 0 radical (unpaired) electrons. The number of aliphatic hydroxyl groups excluding tert-OH is 1. The number of carbonyl (C=O) groups excluding carboxylic acids is 1. The molecule has 0 spiro atoms. The van der Waals surface area contributed by atoms with E-state index in [4.69, 9.17) is 26.1 Å².